The van der Waals surface area contributed by atoms with E-state index in [1.807, 2.05) is 65.6 Å². The van der Waals surface area contributed by atoms with Gasteiger partial charge in [-0.3, -0.25) is 14.6 Å². The lowest BCUT2D eigenvalue weighted by Crippen LogP contribution is -2.35. The van der Waals surface area contributed by atoms with Crippen molar-refractivity contribution in [2.75, 3.05) is 32.1 Å². The van der Waals surface area contributed by atoms with E-state index in [-0.39, 0.29) is 11.7 Å². The summed E-state index contributed by atoms with van der Waals surface area (Å²) in [4.78, 5) is 44.7. The molecule has 0 fully saturated rings. The van der Waals surface area contributed by atoms with Crippen molar-refractivity contribution in [2.45, 2.75) is 38.6 Å². The summed E-state index contributed by atoms with van der Waals surface area (Å²) >= 11 is 0. The topological polar surface area (TPSA) is 97.8 Å². The molecule has 0 spiro atoms. The number of nitrogens with zero attached hydrogens (tertiary/aromatic N) is 2. The van der Waals surface area contributed by atoms with Crippen LogP contribution in [0.2, 0.25) is 0 Å². The van der Waals surface area contributed by atoms with Gasteiger partial charge in [0, 0.05) is 48.6 Å². The number of hydrogen-bond acceptors (Lipinski definition) is 7. The number of para-hydroxylation sites is 1. The van der Waals surface area contributed by atoms with Gasteiger partial charge in [-0.25, -0.2) is 4.79 Å². The molecule has 0 aliphatic rings. The molecular weight excluding hydrogens is 554 g/mol. The number of nitrogens with one attached hydrogen (secondary N) is 1. The maximum atomic E-state index is 13.2. The number of aromatic nitrogens is 1. The molecule has 4 rings (SSSR count). The molecule has 0 saturated carbocycles. The van der Waals surface area contributed by atoms with Crippen LogP contribution in [0.15, 0.2) is 103 Å². The minimum absolute atomic E-state index is 0.100. The van der Waals surface area contributed by atoms with E-state index < -0.39 is 12.0 Å². The molecule has 4 aromatic rings. The van der Waals surface area contributed by atoms with Crippen molar-refractivity contribution < 1.29 is 23.9 Å². The third-order valence-corrected chi connectivity index (χ3v) is 7.21. The van der Waals surface area contributed by atoms with Crippen molar-refractivity contribution >= 4 is 23.3 Å². The minimum Gasteiger partial charge on any atom is -0.492 e. The summed E-state index contributed by atoms with van der Waals surface area (Å²) in [5.74, 6) is 0.209. The first kappa shape index (κ1) is 31.9. The van der Waals surface area contributed by atoms with Gasteiger partial charge in [0.15, 0.2) is 5.78 Å². The highest BCUT2D eigenvalue weighted by atomic mass is 16.5. The highest BCUT2D eigenvalue weighted by Crippen LogP contribution is 2.22. The van der Waals surface area contributed by atoms with Gasteiger partial charge < -0.3 is 19.7 Å². The molecule has 44 heavy (non-hydrogen) atoms. The average molecular weight is 594 g/mol. The predicted molar refractivity (Wildman–Crippen MR) is 171 cm³/mol. The fraction of sp³-hybridized carbons (Fsp3) is 0.278. The van der Waals surface area contributed by atoms with E-state index in [0.717, 1.165) is 17.5 Å². The largest absolute Gasteiger partial charge is 0.492 e. The molecule has 0 aliphatic heterocycles. The van der Waals surface area contributed by atoms with Crippen molar-refractivity contribution in [1.29, 1.82) is 0 Å². The standard InChI is InChI=1S/C36H39N3O5/c1-3-22-39(34(40)20-17-28-10-9-21-37-26-28)23-24-44-30-18-15-27(16-19-30)25-33(36(42)43-2)38-32-14-8-7-13-31(32)35(41)29-11-5-4-6-12-29/h4-16,18-19,21,26,33,38H,3,17,20,22-25H2,1-2H3/t33-/m0/s1. The van der Waals surface area contributed by atoms with Crippen molar-refractivity contribution in [1.82, 2.24) is 9.88 Å². The Morgan fingerprint density at radius 3 is 2.32 bits per heavy atom. The molecule has 0 unspecified atom stereocenters. The summed E-state index contributed by atoms with van der Waals surface area (Å²) < 4.78 is 11.0. The number of carbonyl (C=O) groups is 3. The molecule has 1 amide bonds. The lowest BCUT2D eigenvalue weighted by molar-refractivity contribution is -0.141. The smallest absolute Gasteiger partial charge is 0.328 e. The highest BCUT2D eigenvalue weighted by Gasteiger charge is 2.23. The number of benzene rings is 3. The number of aryl methyl sites for hydroxylation is 1. The lowest BCUT2D eigenvalue weighted by Gasteiger charge is -2.22. The number of anilines is 1. The first-order chi connectivity index (χ1) is 21.5. The average Bonchev–Trinajstić information content (AvgIpc) is 3.07. The third kappa shape index (κ3) is 9.26. The monoisotopic (exact) mass is 593 g/mol. The number of ether oxygens (including phenoxy) is 2. The van der Waals surface area contributed by atoms with Gasteiger partial charge in [-0.05, 0) is 54.3 Å². The van der Waals surface area contributed by atoms with Crippen molar-refractivity contribution in [3.63, 3.8) is 0 Å². The van der Waals surface area contributed by atoms with E-state index in [2.05, 4.69) is 17.2 Å². The third-order valence-electron chi connectivity index (χ3n) is 7.21. The van der Waals surface area contributed by atoms with E-state index in [9.17, 15) is 14.4 Å². The van der Waals surface area contributed by atoms with E-state index in [4.69, 9.17) is 9.47 Å². The molecular formula is C36H39N3O5. The number of esters is 1. The summed E-state index contributed by atoms with van der Waals surface area (Å²) in [7, 11) is 1.35. The zero-order chi connectivity index (χ0) is 31.1. The fourth-order valence-electron chi connectivity index (χ4n) is 4.89. The van der Waals surface area contributed by atoms with Crippen molar-refractivity contribution in [3.8, 4) is 5.75 Å². The molecule has 8 nitrogen and oxygen atoms in total. The molecule has 0 bridgehead atoms. The quantitative estimate of drug-likeness (QED) is 0.130. The molecule has 0 saturated heterocycles. The Morgan fingerprint density at radius 1 is 0.864 bits per heavy atom. The summed E-state index contributed by atoms with van der Waals surface area (Å²) in [6.07, 6.45) is 5.82. The normalized spacial score (nSPS) is 11.3. The first-order valence-electron chi connectivity index (χ1n) is 14.9. The van der Waals surface area contributed by atoms with Crippen LogP contribution in [0.4, 0.5) is 5.69 Å². The number of hydrogen-bond donors (Lipinski definition) is 1. The van der Waals surface area contributed by atoms with E-state index in [1.54, 1.807) is 42.7 Å². The Labute approximate surface area is 259 Å². The van der Waals surface area contributed by atoms with Crippen LogP contribution in [0.1, 0.15) is 46.8 Å². The second-order valence-electron chi connectivity index (χ2n) is 10.4. The van der Waals surface area contributed by atoms with Gasteiger partial charge in [-0.15, -0.1) is 0 Å². The number of ketones is 1. The molecule has 1 atom stereocenters. The molecule has 0 aliphatic carbocycles. The van der Waals surface area contributed by atoms with E-state index in [0.29, 0.717) is 61.5 Å². The molecule has 3 aromatic carbocycles. The van der Waals surface area contributed by atoms with Crippen LogP contribution in [0, 0.1) is 0 Å². The molecule has 0 radical (unpaired) electrons. The van der Waals surface area contributed by atoms with Crippen LogP contribution in [-0.2, 0) is 27.2 Å². The fourth-order valence-corrected chi connectivity index (χ4v) is 4.89. The van der Waals surface area contributed by atoms with Crippen molar-refractivity contribution in [2.24, 2.45) is 0 Å². The van der Waals surface area contributed by atoms with Gasteiger partial charge >= 0.3 is 5.97 Å². The van der Waals surface area contributed by atoms with Gasteiger partial charge in [0.2, 0.25) is 5.91 Å². The van der Waals surface area contributed by atoms with Crippen LogP contribution >= 0.6 is 0 Å². The number of amides is 1. The summed E-state index contributed by atoms with van der Waals surface area (Å²) in [5, 5.41) is 3.23. The molecule has 1 aromatic heterocycles. The van der Waals surface area contributed by atoms with Crippen molar-refractivity contribution in [3.05, 3.63) is 126 Å². The molecule has 228 valence electrons. The Kier molecular flexibility index (Phi) is 12.1. The van der Waals surface area contributed by atoms with Gasteiger partial charge in [-0.1, -0.05) is 67.6 Å². The number of carbonyl (C=O) groups excluding carboxylic acids is 3. The predicted octanol–water partition coefficient (Wildman–Crippen LogP) is 5.76. The Balaban J connectivity index is 1.34. The second-order valence-corrected chi connectivity index (χ2v) is 10.4. The second kappa shape index (κ2) is 16.6. The minimum atomic E-state index is -0.711. The van der Waals surface area contributed by atoms with Gasteiger partial charge in [0.05, 0.1) is 13.7 Å². The van der Waals surface area contributed by atoms with Gasteiger partial charge in [-0.2, -0.15) is 0 Å². The van der Waals surface area contributed by atoms with Gasteiger partial charge in [0.25, 0.3) is 0 Å². The highest BCUT2D eigenvalue weighted by molar-refractivity contribution is 6.12. The first-order valence-corrected chi connectivity index (χ1v) is 14.9. The van der Waals surface area contributed by atoms with Crippen LogP contribution in [0.3, 0.4) is 0 Å². The number of pyridine rings is 1. The van der Waals surface area contributed by atoms with Crippen LogP contribution in [0.5, 0.6) is 5.75 Å². The van der Waals surface area contributed by atoms with Crippen LogP contribution in [-0.4, -0.2) is 60.4 Å². The zero-order valence-electron chi connectivity index (χ0n) is 25.3. The maximum absolute atomic E-state index is 13.2. The lowest BCUT2D eigenvalue weighted by atomic mass is 10.00. The van der Waals surface area contributed by atoms with Crippen LogP contribution in [0.25, 0.3) is 0 Å². The number of rotatable bonds is 16. The van der Waals surface area contributed by atoms with Crippen LogP contribution < -0.4 is 10.1 Å². The maximum Gasteiger partial charge on any atom is 0.328 e. The Hall–Kier alpha value is -4.98. The molecule has 1 N–H and O–H groups in total. The van der Waals surface area contributed by atoms with Gasteiger partial charge in [0.1, 0.15) is 18.4 Å². The SMILES string of the molecule is CCCN(CCOc1ccc(C[C@H](Nc2ccccc2C(=O)c2ccccc2)C(=O)OC)cc1)C(=O)CCc1cccnc1. The summed E-state index contributed by atoms with van der Waals surface area (Å²) in [6, 6.07) is 26.8. The molecule has 8 heteroatoms. The van der Waals surface area contributed by atoms with E-state index in [1.165, 1.54) is 7.11 Å². The summed E-state index contributed by atoms with van der Waals surface area (Å²) in [6.45, 7) is 3.60. The molecule has 1 heterocycles. The zero-order valence-corrected chi connectivity index (χ0v) is 25.3. The Bertz CT molecular complexity index is 1490. The summed E-state index contributed by atoms with van der Waals surface area (Å²) in [5.41, 5.74) is 3.54. The number of methoxy groups -OCH3 is 1. The van der Waals surface area contributed by atoms with E-state index >= 15 is 0 Å². The Morgan fingerprint density at radius 2 is 1.61 bits per heavy atom.